The quantitative estimate of drug-likeness (QED) is 0.664. The second kappa shape index (κ2) is 6.77. The smallest absolute Gasteiger partial charge is 0.0408 e. The Morgan fingerprint density at radius 3 is 2.63 bits per heavy atom. The van der Waals surface area contributed by atoms with E-state index in [1.54, 1.807) is 0 Å². The normalized spacial score (nSPS) is 16.5. The van der Waals surface area contributed by atoms with Gasteiger partial charge in [0, 0.05) is 5.02 Å². The summed E-state index contributed by atoms with van der Waals surface area (Å²) >= 11 is 6.03. The van der Waals surface area contributed by atoms with Crippen LogP contribution in [0.2, 0.25) is 5.02 Å². The molecule has 0 saturated carbocycles. The van der Waals surface area contributed by atoms with E-state index in [0.29, 0.717) is 5.92 Å². The molecule has 0 radical (unpaired) electrons. The molecule has 0 aromatic heterocycles. The molecule has 0 aliphatic heterocycles. The first-order valence-corrected chi connectivity index (χ1v) is 7.53. The van der Waals surface area contributed by atoms with Crippen LogP contribution in [0.3, 0.4) is 0 Å². The molecule has 1 atom stereocenters. The molecule has 0 saturated heterocycles. The number of benzene rings is 2. The molecule has 0 bridgehead atoms. The highest BCUT2D eigenvalue weighted by atomic mass is 35.5. The molecule has 19 heavy (non-hydrogen) atoms. The average molecular weight is 273 g/mol. The summed E-state index contributed by atoms with van der Waals surface area (Å²) in [4.78, 5) is 0. The van der Waals surface area contributed by atoms with Crippen LogP contribution in [0.1, 0.15) is 42.9 Å². The van der Waals surface area contributed by atoms with Gasteiger partial charge >= 0.3 is 0 Å². The maximum atomic E-state index is 6.03. The Kier molecular flexibility index (Phi) is 5.04. The molecule has 0 nitrogen and oxygen atoms in total. The van der Waals surface area contributed by atoms with Crippen molar-refractivity contribution in [3.8, 4) is 0 Å². The standard InChI is InChI=1S/C16H15Cl.C2H6/c17-15-6-3-4-12(11-15)10-14-9-8-13-5-1-2-7-16(13)14;1-2/h1-7,11,14H,8-10H2;1-2H3. The van der Waals surface area contributed by atoms with Gasteiger partial charge in [-0.25, -0.2) is 0 Å². The third kappa shape index (κ3) is 3.39. The van der Waals surface area contributed by atoms with Crippen molar-refractivity contribution in [3.05, 3.63) is 70.2 Å². The van der Waals surface area contributed by atoms with Gasteiger partial charge in [0.05, 0.1) is 0 Å². The van der Waals surface area contributed by atoms with Crippen molar-refractivity contribution in [1.29, 1.82) is 0 Å². The van der Waals surface area contributed by atoms with Gasteiger partial charge in [0.25, 0.3) is 0 Å². The topological polar surface area (TPSA) is 0 Å². The van der Waals surface area contributed by atoms with Crippen molar-refractivity contribution < 1.29 is 0 Å². The predicted octanol–water partition coefficient (Wildman–Crippen LogP) is 5.64. The largest absolute Gasteiger partial charge is 0.0843 e. The van der Waals surface area contributed by atoms with E-state index in [9.17, 15) is 0 Å². The molecule has 3 rings (SSSR count). The minimum absolute atomic E-state index is 0.671. The first kappa shape index (κ1) is 14.1. The van der Waals surface area contributed by atoms with Gasteiger partial charge in [0.1, 0.15) is 0 Å². The van der Waals surface area contributed by atoms with E-state index < -0.39 is 0 Å². The van der Waals surface area contributed by atoms with Crippen LogP contribution in [0.15, 0.2) is 48.5 Å². The molecule has 1 aliphatic carbocycles. The summed E-state index contributed by atoms with van der Waals surface area (Å²) in [5, 5.41) is 0.841. The maximum absolute atomic E-state index is 6.03. The second-order valence-electron chi connectivity index (χ2n) is 4.77. The van der Waals surface area contributed by atoms with E-state index in [-0.39, 0.29) is 0 Å². The monoisotopic (exact) mass is 272 g/mol. The van der Waals surface area contributed by atoms with Crippen molar-refractivity contribution >= 4 is 11.6 Å². The van der Waals surface area contributed by atoms with Crippen molar-refractivity contribution in [3.63, 3.8) is 0 Å². The summed E-state index contributed by atoms with van der Waals surface area (Å²) in [5.74, 6) is 0.671. The number of rotatable bonds is 2. The summed E-state index contributed by atoms with van der Waals surface area (Å²) in [6, 6.07) is 17.1. The Hall–Kier alpha value is -1.27. The highest BCUT2D eigenvalue weighted by molar-refractivity contribution is 6.30. The van der Waals surface area contributed by atoms with E-state index in [1.165, 1.54) is 29.5 Å². The molecule has 2 aromatic rings. The third-order valence-corrected chi connectivity index (χ3v) is 3.86. The lowest BCUT2D eigenvalue weighted by Gasteiger charge is -2.11. The van der Waals surface area contributed by atoms with E-state index in [0.717, 1.165) is 11.4 Å². The molecule has 2 aromatic carbocycles. The van der Waals surface area contributed by atoms with Crippen LogP contribution in [0.5, 0.6) is 0 Å². The maximum Gasteiger partial charge on any atom is 0.0408 e. The number of aryl methyl sites for hydroxylation is 1. The molecule has 1 unspecified atom stereocenters. The van der Waals surface area contributed by atoms with E-state index in [4.69, 9.17) is 11.6 Å². The summed E-state index contributed by atoms with van der Waals surface area (Å²) < 4.78 is 0. The van der Waals surface area contributed by atoms with E-state index >= 15 is 0 Å². The molecular formula is C18H21Cl. The first-order valence-electron chi connectivity index (χ1n) is 7.15. The fourth-order valence-corrected chi connectivity index (χ4v) is 3.02. The Labute approximate surface area is 121 Å². The average Bonchev–Trinajstić information content (AvgIpc) is 2.85. The molecule has 0 heterocycles. The second-order valence-corrected chi connectivity index (χ2v) is 5.20. The number of hydrogen-bond donors (Lipinski definition) is 0. The minimum atomic E-state index is 0.671. The van der Waals surface area contributed by atoms with Gasteiger partial charge < -0.3 is 0 Å². The van der Waals surface area contributed by atoms with Crippen LogP contribution < -0.4 is 0 Å². The molecular weight excluding hydrogens is 252 g/mol. The van der Waals surface area contributed by atoms with Crippen molar-refractivity contribution in [1.82, 2.24) is 0 Å². The van der Waals surface area contributed by atoms with Gasteiger partial charge in [-0.2, -0.15) is 0 Å². The predicted molar refractivity (Wildman–Crippen MR) is 84.0 cm³/mol. The molecule has 100 valence electrons. The zero-order chi connectivity index (χ0) is 13.7. The van der Waals surface area contributed by atoms with Gasteiger partial charge in [-0.05, 0) is 54.0 Å². The van der Waals surface area contributed by atoms with Crippen LogP contribution in [-0.4, -0.2) is 0 Å². The van der Waals surface area contributed by atoms with Gasteiger partial charge in [0.15, 0.2) is 0 Å². The van der Waals surface area contributed by atoms with Gasteiger partial charge in [-0.1, -0.05) is 61.8 Å². The number of halogens is 1. The Morgan fingerprint density at radius 2 is 1.84 bits per heavy atom. The zero-order valence-electron chi connectivity index (χ0n) is 11.7. The van der Waals surface area contributed by atoms with Gasteiger partial charge in [0.2, 0.25) is 0 Å². The highest BCUT2D eigenvalue weighted by Crippen LogP contribution is 2.35. The third-order valence-electron chi connectivity index (χ3n) is 3.63. The first-order chi connectivity index (χ1) is 9.33. The summed E-state index contributed by atoms with van der Waals surface area (Å²) in [6.07, 6.45) is 3.60. The molecule has 1 heteroatoms. The Morgan fingerprint density at radius 1 is 1.05 bits per heavy atom. The van der Waals surface area contributed by atoms with E-state index in [2.05, 4.69) is 36.4 Å². The fourth-order valence-electron chi connectivity index (χ4n) is 2.81. The van der Waals surface area contributed by atoms with Gasteiger partial charge in [-0.15, -0.1) is 0 Å². The fraction of sp³-hybridized carbons (Fsp3) is 0.333. The van der Waals surface area contributed by atoms with Crippen molar-refractivity contribution in [2.75, 3.05) is 0 Å². The minimum Gasteiger partial charge on any atom is -0.0843 e. The number of hydrogen-bond acceptors (Lipinski definition) is 0. The lowest BCUT2D eigenvalue weighted by Crippen LogP contribution is -1.98. The summed E-state index contributed by atoms with van der Waals surface area (Å²) in [5.41, 5.74) is 4.41. The molecule has 0 amide bonds. The van der Waals surface area contributed by atoms with Crippen LogP contribution >= 0.6 is 11.6 Å². The van der Waals surface area contributed by atoms with Crippen LogP contribution in [0.4, 0.5) is 0 Å². The van der Waals surface area contributed by atoms with E-state index in [1.807, 2.05) is 26.0 Å². The molecule has 1 aliphatic rings. The Bertz CT molecular complexity index is 531. The van der Waals surface area contributed by atoms with Crippen LogP contribution in [0, 0.1) is 0 Å². The highest BCUT2D eigenvalue weighted by Gasteiger charge is 2.21. The van der Waals surface area contributed by atoms with Crippen molar-refractivity contribution in [2.45, 2.75) is 39.0 Å². The molecule has 0 spiro atoms. The zero-order valence-corrected chi connectivity index (χ0v) is 12.5. The SMILES string of the molecule is CC.Clc1cccc(CC2CCc3ccccc32)c1. The van der Waals surface area contributed by atoms with Crippen LogP contribution in [0.25, 0.3) is 0 Å². The summed E-state index contributed by atoms with van der Waals surface area (Å²) in [7, 11) is 0. The molecule has 0 N–H and O–H groups in total. The van der Waals surface area contributed by atoms with Crippen LogP contribution in [-0.2, 0) is 12.8 Å². The Balaban J connectivity index is 0.000000637. The lowest BCUT2D eigenvalue weighted by atomic mass is 9.94. The summed E-state index contributed by atoms with van der Waals surface area (Å²) in [6.45, 7) is 4.00. The lowest BCUT2D eigenvalue weighted by molar-refractivity contribution is 0.675. The van der Waals surface area contributed by atoms with Gasteiger partial charge in [-0.3, -0.25) is 0 Å². The molecule has 0 fully saturated rings. The number of fused-ring (bicyclic) bond motifs is 1. The van der Waals surface area contributed by atoms with Crippen molar-refractivity contribution in [2.24, 2.45) is 0 Å².